The number of aliphatic hydroxyl groups is 1. The Kier molecular flexibility index (Phi) is 3.03. The first-order valence-corrected chi connectivity index (χ1v) is 5.32. The topological polar surface area (TPSA) is 23.5 Å². The van der Waals surface area contributed by atoms with Gasteiger partial charge in [-0.1, -0.05) is 12.1 Å². The van der Waals surface area contributed by atoms with Crippen molar-refractivity contribution < 1.29 is 9.50 Å². The van der Waals surface area contributed by atoms with E-state index in [0.29, 0.717) is 0 Å². The predicted octanol–water partition coefficient (Wildman–Crippen LogP) is 1.95. The van der Waals surface area contributed by atoms with Crippen LogP contribution in [0.25, 0.3) is 0 Å². The average Bonchev–Trinajstić information content (AvgIpc) is 2.65. The number of rotatable bonds is 2. The minimum Gasteiger partial charge on any atom is -0.387 e. The molecule has 82 valence electrons. The lowest BCUT2D eigenvalue weighted by Crippen LogP contribution is -2.31. The van der Waals surface area contributed by atoms with Crippen molar-refractivity contribution in [2.24, 2.45) is 0 Å². The minimum atomic E-state index is -0.502. The largest absolute Gasteiger partial charge is 0.387 e. The van der Waals surface area contributed by atoms with Gasteiger partial charge in [-0.3, -0.25) is 0 Å². The van der Waals surface area contributed by atoms with Crippen LogP contribution in [0.4, 0.5) is 4.39 Å². The molecular weight excluding hydrogens is 193 g/mol. The van der Waals surface area contributed by atoms with Gasteiger partial charge in [-0.2, -0.15) is 0 Å². The summed E-state index contributed by atoms with van der Waals surface area (Å²) in [5.74, 6) is -0.259. The van der Waals surface area contributed by atoms with Crippen LogP contribution in [0.15, 0.2) is 24.3 Å². The number of halogens is 1. The van der Waals surface area contributed by atoms with E-state index in [-0.39, 0.29) is 11.9 Å². The van der Waals surface area contributed by atoms with E-state index in [9.17, 15) is 9.50 Å². The third-order valence-electron chi connectivity index (χ3n) is 3.15. The lowest BCUT2D eigenvalue weighted by atomic mass is 10.0. The average molecular weight is 209 g/mol. The number of aliphatic hydroxyl groups excluding tert-OH is 1. The summed E-state index contributed by atoms with van der Waals surface area (Å²) in [4.78, 5) is 2.16. The lowest BCUT2D eigenvalue weighted by molar-refractivity contribution is 0.0856. The van der Waals surface area contributed by atoms with Gasteiger partial charge in [0.15, 0.2) is 0 Å². The second-order valence-corrected chi connectivity index (χ2v) is 4.19. The van der Waals surface area contributed by atoms with Gasteiger partial charge < -0.3 is 10.0 Å². The third-order valence-corrected chi connectivity index (χ3v) is 3.15. The molecule has 1 aromatic rings. The molecule has 2 atom stereocenters. The maximum Gasteiger partial charge on any atom is 0.123 e. The quantitative estimate of drug-likeness (QED) is 0.804. The van der Waals surface area contributed by atoms with Crippen LogP contribution >= 0.6 is 0 Å². The highest BCUT2D eigenvalue weighted by Gasteiger charge is 2.28. The highest BCUT2D eigenvalue weighted by molar-refractivity contribution is 5.20. The molecule has 2 nitrogen and oxygen atoms in total. The van der Waals surface area contributed by atoms with Crippen molar-refractivity contribution in [2.75, 3.05) is 13.6 Å². The van der Waals surface area contributed by atoms with Gasteiger partial charge in [0.2, 0.25) is 0 Å². The van der Waals surface area contributed by atoms with Crippen molar-refractivity contribution in [1.82, 2.24) is 4.90 Å². The Balaban J connectivity index is 2.13. The highest BCUT2D eigenvalue weighted by Crippen LogP contribution is 2.27. The molecule has 0 aromatic heterocycles. The summed E-state index contributed by atoms with van der Waals surface area (Å²) in [5.41, 5.74) is 0.801. The van der Waals surface area contributed by atoms with E-state index in [2.05, 4.69) is 4.90 Å². The first-order valence-electron chi connectivity index (χ1n) is 5.32. The van der Waals surface area contributed by atoms with Crippen LogP contribution in [0.2, 0.25) is 0 Å². The van der Waals surface area contributed by atoms with Crippen LogP contribution in [0.1, 0.15) is 24.5 Å². The van der Waals surface area contributed by atoms with Crippen LogP contribution in [-0.2, 0) is 0 Å². The zero-order valence-corrected chi connectivity index (χ0v) is 8.86. The molecule has 1 aliphatic heterocycles. The first-order chi connectivity index (χ1) is 7.18. The maximum absolute atomic E-state index is 12.7. The van der Waals surface area contributed by atoms with E-state index in [0.717, 1.165) is 24.9 Å². The zero-order valence-electron chi connectivity index (χ0n) is 8.86. The molecule has 1 saturated heterocycles. The highest BCUT2D eigenvalue weighted by atomic mass is 19.1. The lowest BCUT2D eigenvalue weighted by Gasteiger charge is -2.25. The van der Waals surface area contributed by atoms with Crippen LogP contribution in [0.3, 0.4) is 0 Å². The molecule has 2 rings (SSSR count). The van der Waals surface area contributed by atoms with E-state index in [1.807, 2.05) is 7.05 Å². The predicted molar refractivity (Wildman–Crippen MR) is 57.0 cm³/mol. The molecule has 0 unspecified atom stereocenters. The first kappa shape index (κ1) is 10.6. The van der Waals surface area contributed by atoms with E-state index >= 15 is 0 Å². The molecule has 0 saturated carbocycles. The molecule has 1 N–H and O–H groups in total. The number of hydrogen-bond acceptors (Lipinski definition) is 2. The number of likely N-dealkylation sites (N-methyl/N-ethyl adjacent to an activating group) is 1. The van der Waals surface area contributed by atoms with Crippen molar-refractivity contribution in [3.05, 3.63) is 35.6 Å². The fraction of sp³-hybridized carbons (Fsp3) is 0.500. The van der Waals surface area contributed by atoms with Crippen LogP contribution in [-0.4, -0.2) is 29.6 Å². The van der Waals surface area contributed by atoms with E-state index < -0.39 is 6.10 Å². The molecule has 0 amide bonds. The van der Waals surface area contributed by atoms with Gasteiger partial charge in [-0.15, -0.1) is 0 Å². The maximum atomic E-state index is 12.7. The number of likely N-dealkylation sites (tertiary alicyclic amines) is 1. The van der Waals surface area contributed by atoms with Crippen molar-refractivity contribution in [3.8, 4) is 0 Å². The molecule has 0 spiro atoms. The summed E-state index contributed by atoms with van der Waals surface area (Å²) in [6.45, 7) is 1.03. The summed E-state index contributed by atoms with van der Waals surface area (Å²) in [7, 11) is 2.02. The molecule has 0 aliphatic carbocycles. The van der Waals surface area contributed by atoms with E-state index in [4.69, 9.17) is 0 Å². The molecule has 15 heavy (non-hydrogen) atoms. The zero-order chi connectivity index (χ0) is 10.8. The van der Waals surface area contributed by atoms with E-state index in [1.54, 1.807) is 12.1 Å². The Bertz CT molecular complexity index is 325. The molecular formula is C12H16FNO. The SMILES string of the molecule is CN1CCC[C@H]1[C@H](O)c1ccc(F)cc1. The van der Waals surface area contributed by atoms with Crippen LogP contribution < -0.4 is 0 Å². The molecule has 0 bridgehead atoms. The molecule has 1 fully saturated rings. The number of nitrogens with zero attached hydrogens (tertiary/aromatic N) is 1. The minimum absolute atomic E-state index is 0.176. The number of benzene rings is 1. The van der Waals surface area contributed by atoms with Crippen molar-refractivity contribution >= 4 is 0 Å². The third kappa shape index (κ3) is 2.19. The molecule has 1 aromatic carbocycles. The van der Waals surface area contributed by atoms with Crippen molar-refractivity contribution in [2.45, 2.75) is 25.0 Å². The fourth-order valence-electron chi connectivity index (χ4n) is 2.22. The smallest absolute Gasteiger partial charge is 0.123 e. The summed E-state index contributed by atoms with van der Waals surface area (Å²) in [6, 6.07) is 6.29. The van der Waals surface area contributed by atoms with Gasteiger partial charge in [0, 0.05) is 6.04 Å². The Hall–Kier alpha value is -0.930. The monoisotopic (exact) mass is 209 g/mol. The fourth-order valence-corrected chi connectivity index (χ4v) is 2.22. The molecule has 0 radical (unpaired) electrons. The van der Waals surface area contributed by atoms with E-state index in [1.165, 1.54) is 12.1 Å². The van der Waals surface area contributed by atoms with Gasteiger partial charge in [-0.05, 0) is 44.1 Å². The second kappa shape index (κ2) is 4.29. The summed E-state index contributed by atoms with van der Waals surface area (Å²) >= 11 is 0. The molecule has 1 aliphatic rings. The Labute approximate surface area is 89.3 Å². The second-order valence-electron chi connectivity index (χ2n) is 4.19. The van der Waals surface area contributed by atoms with Gasteiger partial charge >= 0.3 is 0 Å². The molecule has 3 heteroatoms. The Morgan fingerprint density at radius 3 is 2.60 bits per heavy atom. The van der Waals surface area contributed by atoms with Crippen molar-refractivity contribution in [1.29, 1.82) is 0 Å². The van der Waals surface area contributed by atoms with Crippen molar-refractivity contribution in [3.63, 3.8) is 0 Å². The molecule has 1 heterocycles. The number of hydrogen-bond donors (Lipinski definition) is 1. The van der Waals surface area contributed by atoms with Gasteiger partial charge in [0.25, 0.3) is 0 Å². The van der Waals surface area contributed by atoms with Crippen LogP contribution in [0, 0.1) is 5.82 Å². The summed E-state index contributed by atoms with van der Waals surface area (Å²) in [6.07, 6.45) is 1.63. The van der Waals surface area contributed by atoms with Crippen LogP contribution in [0.5, 0.6) is 0 Å². The normalized spacial score (nSPS) is 24.3. The standard InChI is InChI=1S/C12H16FNO/c1-14-8-2-3-11(14)12(15)9-4-6-10(13)7-5-9/h4-7,11-12,15H,2-3,8H2,1H3/t11-,12+/m0/s1. The summed E-state index contributed by atoms with van der Waals surface area (Å²) < 4.78 is 12.7. The van der Waals surface area contributed by atoms with Gasteiger partial charge in [-0.25, -0.2) is 4.39 Å². The van der Waals surface area contributed by atoms with Gasteiger partial charge in [0.05, 0.1) is 6.10 Å². The summed E-state index contributed by atoms with van der Waals surface area (Å²) in [5, 5.41) is 10.1. The van der Waals surface area contributed by atoms with Gasteiger partial charge in [0.1, 0.15) is 5.82 Å². The Morgan fingerprint density at radius 2 is 2.07 bits per heavy atom. The Morgan fingerprint density at radius 1 is 1.40 bits per heavy atom.